The number of aryl methyl sites for hydroxylation is 2. The monoisotopic (exact) mass is 324 g/mol. The van der Waals surface area contributed by atoms with E-state index in [1.54, 1.807) is 4.68 Å². The van der Waals surface area contributed by atoms with Crippen molar-refractivity contribution in [2.24, 2.45) is 0 Å². The first kappa shape index (κ1) is 15.1. The Kier molecular flexibility index (Phi) is 3.69. The van der Waals surface area contributed by atoms with Gasteiger partial charge in [-0.2, -0.15) is 5.10 Å². The van der Waals surface area contributed by atoms with Crippen LogP contribution in [0.15, 0.2) is 39.6 Å². The quantitative estimate of drug-likeness (QED) is 0.741. The van der Waals surface area contributed by atoms with Crippen LogP contribution in [-0.4, -0.2) is 26.4 Å². The molecule has 0 N–H and O–H groups in total. The Morgan fingerprint density at radius 1 is 1.25 bits per heavy atom. The van der Waals surface area contributed by atoms with Gasteiger partial charge >= 0.3 is 0 Å². The molecule has 0 radical (unpaired) electrons. The second-order valence-electron chi connectivity index (χ2n) is 6.42. The lowest BCUT2D eigenvalue weighted by molar-refractivity contribution is 0.161. The van der Waals surface area contributed by atoms with E-state index < -0.39 is 0 Å². The maximum absolute atomic E-state index is 12.8. The normalized spacial score (nSPS) is 18.5. The summed E-state index contributed by atoms with van der Waals surface area (Å²) in [6.45, 7) is 5.25. The number of likely N-dealkylation sites (tertiary alicyclic amines) is 1. The Labute approximate surface area is 139 Å². The molecule has 6 nitrogen and oxygen atoms in total. The largest absolute Gasteiger partial charge is 0.359 e. The van der Waals surface area contributed by atoms with Crippen molar-refractivity contribution in [3.63, 3.8) is 0 Å². The minimum atomic E-state index is -0.0457. The number of fused-ring (bicyclic) bond motifs is 1. The molecule has 1 aromatic carbocycles. The smallest absolute Gasteiger partial charge is 0.275 e. The first-order valence-electron chi connectivity index (χ1n) is 8.27. The van der Waals surface area contributed by atoms with Crippen LogP contribution in [0.1, 0.15) is 36.0 Å². The molecule has 6 heteroatoms. The van der Waals surface area contributed by atoms with Crippen molar-refractivity contribution in [1.29, 1.82) is 0 Å². The molecule has 1 aliphatic heterocycles. The molecule has 0 bridgehead atoms. The molecule has 3 aromatic rings. The summed E-state index contributed by atoms with van der Waals surface area (Å²) in [7, 11) is 0. The third kappa shape index (κ3) is 2.53. The number of aromatic nitrogens is 3. The summed E-state index contributed by atoms with van der Waals surface area (Å²) >= 11 is 0. The second kappa shape index (κ2) is 5.87. The Morgan fingerprint density at radius 2 is 2.04 bits per heavy atom. The number of nitrogens with zero attached hydrogens (tertiary/aromatic N) is 4. The zero-order valence-electron chi connectivity index (χ0n) is 13.9. The zero-order valence-corrected chi connectivity index (χ0v) is 13.9. The van der Waals surface area contributed by atoms with Crippen molar-refractivity contribution in [2.45, 2.75) is 39.4 Å². The van der Waals surface area contributed by atoms with Gasteiger partial charge in [0.2, 0.25) is 0 Å². The molecule has 2 aromatic heterocycles. The first-order chi connectivity index (χ1) is 11.6. The molecule has 0 unspecified atom stereocenters. The first-order valence-corrected chi connectivity index (χ1v) is 8.27. The van der Waals surface area contributed by atoms with Crippen molar-refractivity contribution in [3.8, 4) is 0 Å². The highest BCUT2D eigenvalue weighted by Gasteiger charge is 2.29. The van der Waals surface area contributed by atoms with Gasteiger partial charge in [-0.25, -0.2) is 4.68 Å². The van der Waals surface area contributed by atoms with E-state index >= 15 is 0 Å². The topological polar surface area (TPSA) is 64.2 Å². The van der Waals surface area contributed by atoms with Crippen molar-refractivity contribution < 1.29 is 4.52 Å². The molecule has 24 heavy (non-hydrogen) atoms. The van der Waals surface area contributed by atoms with Gasteiger partial charge < -0.3 is 4.52 Å². The van der Waals surface area contributed by atoms with Gasteiger partial charge in [-0.15, -0.1) is 0 Å². The highest BCUT2D eigenvalue weighted by molar-refractivity contribution is 5.83. The van der Waals surface area contributed by atoms with Crippen LogP contribution in [0.4, 0.5) is 0 Å². The van der Waals surface area contributed by atoms with Crippen LogP contribution in [0, 0.1) is 13.8 Å². The van der Waals surface area contributed by atoms with E-state index in [9.17, 15) is 4.79 Å². The van der Waals surface area contributed by atoms with Crippen LogP contribution in [0.25, 0.3) is 10.8 Å². The molecular weight excluding hydrogens is 304 g/mol. The minimum Gasteiger partial charge on any atom is -0.359 e. The number of hydrogen-bond acceptors (Lipinski definition) is 5. The van der Waals surface area contributed by atoms with Crippen LogP contribution in [0.5, 0.6) is 0 Å². The lowest BCUT2D eigenvalue weighted by Gasteiger charge is -2.22. The Hall–Kier alpha value is -2.47. The van der Waals surface area contributed by atoms with Crippen LogP contribution in [0.3, 0.4) is 0 Å². The molecular formula is C18H20N4O2. The van der Waals surface area contributed by atoms with Gasteiger partial charge in [0.15, 0.2) is 5.76 Å². The maximum atomic E-state index is 12.8. The summed E-state index contributed by atoms with van der Waals surface area (Å²) in [5, 5.41) is 10.1. The molecule has 0 saturated carbocycles. The van der Waals surface area contributed by atoms with E-state index in [0.717, 1.165) is 47.3 Å². The Balaban J connectivity index is 1.69. The molecule has 1 saturated heterocycles. The molecule has 0 aliphatic carbocycles. The fraction of sp³-hybridized carbons (Fsp3) is 0.389. The summed E-state index contributed by atoms with van der Waals surface area (Å²) in [5.41, 5.74) is 1.71. The average molecular weight is 324 g/mol. The Bertz CT molecular complexity index is 944. The summed E-state index contributed by atoms with van der Waals surface area (Å²) < 4.78 is 7.01. The highest BCUT2D eigenvalue weighted by atomic mass is 16.5. The van der Waals surface area contributed by atoms with E-state index in [-0.39, 0.29) is 11.6 Å². The predicted octanol–water partition coefficient (Wildman–Crippen LogP) is 2.80. The third-order valence-corrected chi connectivity index (χ3v) is 4.71. The molecule has 0 amide bonds. The Morgan fingerprint density at radius 3 is 2.79 bits per heavy atom. The summed E-state index contributed by atoms with van der Waals surface area (Å²) in [6, 6.07) is 9.77. The van der Waals surface area contributed by atoms with E-state index in [1.807, 2.05) is 44.2 Å². The predicted molar refractivity (Wildman–Crippen MR) is 90.7 cm³/mol. The molecule has 124 valence electrons. The van der Waals surface area contributed by atoms with Gasteiger partial charge in [-0.05, 0) is 32.8 Å². The van der Waals surface area contributed by atoms with Crippen LogP contribution < -0.4 is 5.56 Å². The van der Waals surface area contributed by atoms with Crippen molar-refractivity contribution in [3.05, 3.63) is 57.8 Å². The van der Waals surface area contributed by atoms with Crippen molar-refractivity contribution >= 4 is 10.8 Å². The summed E-state index contributed by atoms with van der Waals surface area (Å²) in [5.74, 6) is 0.871. The zero-order chi connectivity index (χ0) is 16.7. The van der Waals surface area contributed by atoms with Crippen LogP contribution in [0.2, 0.25) is 0 Å². The molecule has 4 rings (SSSR count). The van der Waals surface area contributed by atoms with Gasteiger partial charge in [0.25, 0.3) is 5.56 Å². The number of rotatable bonds is 3. The SMILES string of the molecule is Cc1cc([C@@H]2CCCN2Cn2nc(C)c3ccccc3c2=O)on1. The highest BCUT2D eigenvalue weighted by Crippen LogP contribution is 2.32. The van der Waals surface area contributed by atoms with E-state index in [0.29, 0.717) is 6.67 Å². The number of benzene rings is 1. The fourth-order valence-electron chi connectivity index (χ4n) is 3.53. The van der Waals surface area contributed by atoms with E-state index in [1.165, 1.54) is 0 Å². The van der Waals surface area contributed by atoms with Gasteiger partial charge in [-0.1, -0.05) is 23.4 Å². The van der Waals surface area contributed by atoms with Crippen molar-refractivity contribution in [2.75, 3.05) is 6.54 Å². The van der Waals surface area contributed by atoms with Gasteiger partial charge in [0.05, 0.1) is 29.5 Å². The van der Waals surface area contributed by atoms with Gasteiger partial charge in [0.1, 0.15) is 0 Å². The molecule has 3 heterocycles. The standard InChI is InChI=1S/C18H20N4O2/c1-12-10-17(24-20-12)16-8-5-9-21(16)11-22-18(23)15-7-4-3-6-14(15)13(2)19-22/h3-4,6-7,10,16H,5,8-9,11H2,1-2H3/t16-/m0/s1. The van der Waals surface area contributed by atoms with Gasteiger partial charge in [0, 0.05) is 18.0 Å². The second-order valence-corrected chi connectivity index (χ2v) is 6.42. The lowest BCUT2D eigenvalue weighted by atomic mass is 10.1. The van der Waals surface area contributed by atoms with E-state index in [2.05, 4.69) is 15.2 Å². The van der Waals surface area contributed by atoms with E-state index in [4.69, 9.17) is 4.52 Å². The summed E-state index contributed by atoms with van der Waals surface area (Å²) in [6.07, 6.45) is 2.08. The molecule has 1 atom stereocenters. The van der Waals surface area contributed by atoms with Crippen LogP contribution in [-0.2, 0) is 6.67 Å². The summed E-state index contributed by atoms with van der Waals surface area (Å²) in [4.78, 5) is 15.0. The van der Waals surface area contributed by atoms with Gasteiger partial charge in [-0.3, -0.25) is 9.69 Å². The number of hydrogen-bond donors (Lipinski definition) is 0. The maximum Gasteiger partial charge on any atom is 0.275 e. The molecule has 1 fully saturated rings. The fourth-order valence-corrected chi connectivity index (χ4v) is 3.53. The molecule has 0 spiro atoms. The third-order valence-electron chi connectivity index (χ3n) is 4.71. The average Bonchev–Trinajstić information content (AvgIpc) is 3.21. The molecule has 1 aliphatic rings. The minimum absolute atomic E-state index is 0.0457. The van der Waals surface area contributed by atoms with Crippen LogP contribution >= 0.6 is 0 Å². The van der Waals surface area contributed by atoms with Crippen molar-refractivity contribution in [1.82, 2.24) is 19.8 Å². The lowest BCUT2D eigenvalue weighted by Crippen LogP contribution is -2.34.